The summed E-state index contributed by atoms with van der Waals surface area (Å²) in [4.78, 5) is 1.72. The molecule has 1 aromatic carbocycles. The number of benzene rings is 1. The Balaban J connectivity index is 1.75. The quantitative estimate of drug-likeness (QED) is 0.877. The van der Waals surface area contributed by atoms with Crippen LogP contribution in [0.25, 0.3) is 5.69 Å². The third-order valence-electron chi connectivity index (χ3n) is 4.10. The molecule has 0 bridgehead atoms. The molecule has 3 rings (SSSR count). The van der Waals surface area contributed by atoms with Crippen LogP contribution in [0.15, 0.2) is 36.5 Å². The highest BCUT2D eigenvalue weighted by atomic mass is 15.5. The molecule has 2 aromatic rings. The van der Waals surface area contributed by atoms with Crippen LogP contribution in [0.1, 0.15) is 44.3 Å². The average molecular weight is 270 g/mol. The summed E-state index contributed by atoms with van der Waals surface area (Å²) < 4.78 is 0. The van der Waals surface area contributed by atoms with E-state index in [1.54, 1.807) is 4.80 Å². The van der Waals surface area contributed by atoms with Crippen LogP contribution in [0, 0.1) is 5.92 Å². The van der Waals surface area contributed by atoms with Crippen LogP contribution in [0.2, 0.25) is 0 Å². The number of hydrogen-bond donors (Lipinski definition) is 1. The second-order valence-electron chi connectivity index (χ2n) is 5.54. The zero-order chi connectivity index (χ0) is 13.8. The van der Waals surface area contributed by atoms with Gasteiger partial charge in [-0.3, -0.25) is 0 Å². The van der Waals surface area contributed by atoms with Crippen molar-refractivity contribution in [2.24, 2.45) is 5.92 Å². The Bertz CT molecular complexity index is 530. The molecule has 1 fully saturated rings. The number of para-hydroxylation sites is 1. The number of nitrogens with one attached hydrogen (secondary N) is 1. The van der Waals surface area contributed by atoms with E-state index in [0.29, 0.717) is 6.04 Å². The molecule has 4 nitrogen and oxygen atoms in total. The maximum absolute atomic E-state index is 4.65. The number of rotatable bonds is 6. The van der Waals surface area contributed by atoms with Gasteiger partial charge in [-0.25, -0.2) is 0 Å². The molecule has 0 spiro atoms. The van der Waals surface area contributed by atoms with Crippen LogP contribution in [0.3, 0.4) is 0 Å². The summed E-state index contributed by atoms with van der Waals surface area (Å²) in [6, 6.07) is 10.4. The van der Waals surface area contributed by atoms with Gasteiger partial charge in [0, 0.05) is 0 Å². The van der Waals surface area contributed by atoms with Crippen molar-refractivity contribution in [2.75, 3.05) is 6.54 Å². The lowest BCUT2D eigenvalue weighted by Crippen LogP contribution is -2.26. The van der Waals surface area contributed by atoms with E-state index in [1.165, 1.54) is 25.7 Å². The van der Waals surface area contributed by atoms with Crippen molar-refractivity contribution in [1.29, 1.82) is 0 Å². The first-order chi connectivity index (χ1) is 9.86. The molecule has 1 unspecified atom stereocenters. The molecule has 1 aliphatic carbocycles. The second-order valence-corrected chi connectivity index (χ2v) is 5.54. The molecule has 0 amide bonds. The van der Waals surface area contributed by atoms with E-state index in [0.717, 1.165) is 23.8 Å². The van der Waals surface area contributed by atoms with Gasteiger partial charge in [-0.05, 0) is 31.0 Å². The van der Waals surface area contributed by atoms with Crippen LogP contribution >= 0.6 is 0 Å². The zero-order valence-corrected chi connectivity index (χ0v) is 12.0. The highest BCUT2D eigenvalue weighted by Gasteiger charge is 2.24. The Kier molecular flexibility index (Phi) is 4.11. The highest BCUT2D eigenvalue weighted by molar-refractivity contribution is 5.28. The smallest absolute Gasteiger partial charge is 0.100 e. The van der Waals surface area contributed by atoms with Crippen LogP contribution in [0.4, 0.5) is 0 Å². The average Bonchev–Trinajstić information content (AvgIpc) is 2.92. The fourth-order valence-electron chi connectivity index (χ4n) is 2.74. The van der Waals surface area contributed by atoms with E-state index in [4.69, 9.17) is 0 Å². The van der Waals surface area contributed by atoms with E-state index in [1.807, 2.05) is 36.5 Å². The van der Waals surface area contributed by atoms with Crippen molar-refractivity contribution in [3.05, 3.63) is 42.2 Å². The third-order valence-corrected chi connectivity index (χ3v) is 4.10. The molecule has 4 heteroatoms. The number of hydrogen-bond acceptors (Lipinski definition) is 3. The molecule has 1 aliphatic rings. The Morgan fingerprint density at radius 3 is 2.75 bits per heavy atom. The first-order valence-corrected chi connectivity index (χ1v) is 7.58. The molecular weight excluding hydrogens is 248 g/mol. The summed E-state index contributed by atoms with van der Waals surface area (Å²) in [6.45, 7) is 3.12. The van der Waals surface area contributed by atoms with Crippen molar-refractivity contribution < 1.29 is 0 Å². The molecule has 1 saturated carbocycles. The van der Waals surface area contributed by atoms with Gasteiger partial charge in [-0.2, -0.15) is 15.0 Å². The molecule has 0 aliphatic heterocycles. The molecule has 1 heterocycles. The monoisotopic (exact) mass is 270 g/mol. The number of nitrogens with zero attached hydrogens (tertiary/aromatic N) is 3. The predicted octanol–water partition coefficient (Wildman–Crippen LogP) is 3.11. The first kappa shape index (κ1) is 13.3. The fraction of sp³-hybridized carbons (Fsp3) is 0.500. The van der Waals surface area contributed by atoms with Gasteiger partial charge in [0.1, 0.15) is 5.69 Å². The van der Waals surface area contributed by atoms with Gasteiger partial charge in [0.05, 0.1) is 17.9 Å². The molecule has 20 heavy (non-hydrogen) atoms. The largest absolute Gasteiger partial charge is 0.309 e. The van der Waals surface area contributed by atoms with Crippen molar-refractivity contribution in [3.8, 4) is 5.69 Å². The van der Waals surface area contributed by atoms with E-state index in [9.17, 15) is 0 Å². The molecule has 1 atom stereocenters. The lowest BCUT2D eigenvalue weighted by atomic mass is 9.80. The van der Waals surface area contributed by atoms with Gasteiger partial charge in [0.2, 0.25) is 0 Å². The van der Waals surface area contributed by atoms with Gasteiger partial charge < -0.3 is 5.32 Å². The molecule has 1 aromatic heterocycles. The third kappa shape index (κ3) is 2.90. The summed E-state index contributed by atoms with van der Waals surface area (Å²) in [6.07, 6.45) is 7.21. The minimum Gasteiger partial charge on any atom is -0.309 e. The Hall–Kier alpha value is -1.68. The maximum Gasteiger partial charge on any atom is 0.100 e. The predicted molar refractivity (Wildman–Crippen MR) is 79.7 cm³/mol. The van der Waals surface area contributed by atoms with Crippen molar-refractivity contribution >= 4 is 0 Å². The molecule has 106 valence electrons. The lowest BCUT2D eigenvalue weighted by molar-refractivity contribution is 0.260. The minimum absolute atomic E-state index is 0.336. The van der Waals surface area contributed by atoms with E-state index >= 15 is 0 Å². The standard InChI is InChI=1S/C16H22N4/c1-2-17-15(11-13-7-6-8-13)16-12-18-20(19-16)14-9-4-3-5-10-14/h3-5,9-10,12-13,15,17H,2,6-8,11H2,1H3. The second kappa shape index (κ2) is 6.18. The molecule has 0 radical (unpaired) electrons. The summed E-state index contributed by atoms with van der Waals surface area (Å²) >= 11 is 0. The topological polar surface area (TPSA) is 42.7 Å². The minimum atomic E-state index is 0.336. The summed E-state index contributed by atoms with van der Waals surface area (Å²) in [5.74, 6) is 0.862. The van der Waals surface area contributed by atoms with Gasteiger partial charge in [0.15, 0.2) is 0 Å². The van der Waals surface area contributed by atoms with Crippen molar-refractivity contribution in [2.45, 2.75) is 38.6 Å². The fourth-order valence-corrected chi connectivity index (χ4v) is 2.74. The van der Waals surface area contributed by atoms with Crippen LogP contribution < -0.4 is 5.32 Å². The molecular formula is C16H22N4. The van der Waals surface area contributed by atoms with Crippen LogP contribution in [-0.2, 0) is 0 Å². The van der Waals surface area contributed by atoms with Crippen molar-refractivity contribution in [3.63, 3.8) is 0 Å². The van der Waals surface area contributed by atoms with Gasteiger partial charge >= 0.3 is 0 Å². The molecule has 1 N–H and O–H groups in total. The van der Waals surface area contributed by atoms with E-state index < -0.39 is 0 Å². The van der Waals surface area contributed by atoms with E-state index in [-0.39, 0.29) is 0 Å². The summed E-state index contributed by atoms with van der Waals surface area (Å²) in [5, 5.41) is 12.6. The molecule has 0 saturated heterocycles. The van der Waals surface area contributed by atoms with Gasteiger partial charge in [0.25, 0.3) is 0 Å². The first-order valence-electron chi connectivity index (χ1n) is 7.58. The van der Waals surface area contributed by atoms with Gasteiger partial charge in [-0.1, -0.05) is 44.4 Å². The van der Waals surface area contributed by atoms with Crippen molar-refractivity contribution in [1.82, 2.24) is 20.3 Å². The lowest BCUT2D eigenvalue weighted by Gasteiger charge is -2.29. The van der Waals surface area contributed by atoms with Crippen LogP contribution in [-0.4, -0.2) is 21.5 Å². The Morgan fingerprint density at radius 2 is 2.10 bits per heavy atom. The maximum atomic E-state index is 4.65. The normalized spacial score (nSPS) is 16.9. The zero-order valence-electron chi connectivity index (χ0n) is 12.0. The Labute approximate surface area is 120 Å². The van der Waals surface area contributed by atoms with Gasteiger partial charge in [-0.15, -0.1) is 0 Å². The summed E-state index contributed by atoms with van der Waals surface area (Å²) in [7, 11) is 0. The Morgan fingerprint density at radius 1 is 1.30 bits per heavy atom. The summed E-state index contributed by atoms with van der Waals surface area (Å²) in [5.41, 5.74) is 2.07. The highest BCUT2D eigenvalue weighted by Crippen LogP contribution is 2.34. The van der Waals surface area contributed by atoms with Crippen LogP contribution in [0.5, 0.6) is 0 Å². The van der Waals surface area contributed by atoms with E-state index in [2.05, 4.69) is 22.4 Å². The number of aromatic nitrogens is 3. The SMILES string of the molecule is CCNC(CC1CCC1)c1cnn(-c2ccccc2)n1.